The second-order valence-corrected chi connectivity index (χ2v) is 9.12. The maximum atomic E-state index is 13.2. The monoisotopic (exact) mass is 466 g/mol. The van der Waals surface area contributed by atoms with Crippen molar-refractivity contribution in [3.05, 3.63) is 65.2 Å². The molecular weight excluding hydrogens is 432 g/mol. The first kappa shape index (κ1) is 25.3. The summed E-state index contributed by atoms with van der Waals surface area (Å²) in [5.41, 5.74) is 1.13. The lowest BCUT2D eigenvalue weighted by Crippen LogP contribution is -2.32. The highest BCUT2D eigenvalue weighted by Crippen LogP contribution is 2.42. The minimum absolute atomic E-state index is 0.0559. The number of methoxy groups -OCH3 is 1. The van der Waals surface area contributed by atoms with Gasteiger partial charge in [-0.15, -0.1) is 0 Å². The molecule has 0 spiro atoms. The summed E-state index contributed by atoms with van der Waals surface area (Å²) in [7, 11) is 5.47. The average Bonchev–Trinajstić information content (AvgIpc) is 3.07. The number of Topliss-reactive ketones (excluding diaryl/α,β-unsaturated/α-hetero) is 1. The van der Waals surface area contributed by atoms with Gasteiger partial charge in [-0.05, 0) is 51.2 Å². The first-order valence-corrected chi connectivity index (χ1v) is 11.5. The van der Waals surface area contributed by atoms with Crippen molar-refractivity contribution < 1.29 is 24.2 Å². The van der Waals surface area contributed by atoms with Crippen molar-refractivity contribution in [1.29, 1.82) is 0 Å². The fourth-order valence-corrected chi connectivity index (χ4v) is 4.04. The smallest absolute Gasteiger partial charge is 0.295 e. The van der Waals surface area contributed by atoms with Gasteiger partial charge >= 0.3 is 0 Å². The van der Waals surface area contributed by atoms with E-state index in [1.807, 2.05) is 37.2 Å². The molecule has 2 aromatic carbocycles. The fraction of sp³-hybridized carbons (Fsp3) is 0.407. The van der Waals surface area contributed by atoms with E-state index >= 15 is 0 Å². The van der Waals surface area contributed by atoms with Gasteiger partial charge in [0.15, 0.2) is 0 Å². The number of ketones is 1. The zero-order valence-electron chi connectivity index (χ0n) is 20.6. The first-order chi connectivity index (χ1) is 16.2. The summed E-state index contributed by atoms with van der Waals surface area (Å²) in [6.45, 7) is 5.77. The number of carbonyl (C=O) groups excluding carboxylic acids is 2. The second-order valence-electron chi connectivity index (χ2n) is 9.12. The lowest BCUT2D eigenvalue weighted by molar-refractivity contribution is -0.140. The lowest BCUT2D eigenvalue weighted by Gasteiger charge is -2.27. The van der Waals surface area contributed by atoms with E-state index in [1.54, 1.807) is 37.4 Å². The number of carbonyl (C=O) groups is 2. The molecule has 1 heterocycles. The molecule has 0 aromatic heterocycles. The van der Waals surface area contributed by atoms with Crippen LogP contribution in [0.5, 0.6) is 11.5 Å². The third-order valence-corrected chi connectivity index (χ3v) is 5.67. The number of ether oxygens (including phenoxy) is 2. The zero-order valence-corrected chi connectivity index (χ0v) is 20.6. The molecule has 1 aliphatic heterocycles. The molecule has 7 nitrogen and oxygen atoms in total. The molecule has 3 rings (SSSR count). The summed E-state index contributed by atoms with van der Waals surface area (Å²) in [5.74, 6) is -0.0661. The average molecular weight is 467 g/mol. The van der Waals surface area contributed by atoms with Gasteiger partial charge in [0.1, 0.15) is 17.3 Å². The van der Waals surface area contributed by atoms with E-state index in [2.05, 4.69) is 13.8 Å². The summed E-state index contributed by atoms with van der Waals surface area (Å²) < 4.78 is 11.3. The topological polar surface area (TPSA) is 79.3 Å². The number of hydrogen-bond acceptors (Lipinski definition) is 6. The second kappa shape index (κ2) is 11.2. The molecule has 1 atom stereocenters. The molecule has 0 bridgehead atoms. The van der Waals surface area contributed by atoms with Crippen LogP contribution in [0.2, 0.25) is 0 Å². The summed E-state index contributed by atoms with van der Waals surface area (Å²) in [6, 6.07) is 13.5. The molecule has 1 saturated heterocycles. The predicted molar refractivity (Wildman–Crippen MR) is 132 cm³/mol. The normalized spacial score (nSPS) is 17.6. The summed E-state index contributed by atoms with van der Waals surface area (Å²) in [5, 5.41) is 11.3. The Balaban J connectivity index is 2.09. The number of likely N-dealkylation sites (tertiary alicyclic amines) is 1. The van der Waals surface area contributed by atoms with Crippen molar-refractivity contribution in [3.63, 3.8) is 0 Å². The van der Waals surface area contributed by atoms with Crippen molar-refractivity contribution in [2.24, 2.45) is 5.92 Å². The van der Waals surface area contributed by atoms with E-state index < -0.39 is 17.7 Å². The van der Waals surface area contributed by atoms with E-state index in [-0.39, 0.29) is 11.3 Å². The predicted octanol–water partition coefficient (Wildman–Crippen LogP) is 4.10. The molecule has 1 amide bonds. The van der Waals surface area contributed by atoms with E-state index in [9.17, 15) is 14.7 Å². The number of amides is 1. The SMILES string of the molecule is COc1ccccc1C1/C(=C(/O)c2cccc(OCC(C)C)c2)C(=O)C(=O)N1CCCN(C)C. The Labute approximate surface area is 201 Å². The van der Waals surface area contributed by atoms with Crippen LogP contribution < -0.4 is 9.47 Å². The molecular formula is C27H34N2O5. The van der Waals surface area contributed by atoms with Gasteiger partial charge in [0, 0.05) is 17.7 Å². The van der Waals surface area contributed by atoms with Crippen LogP contribution in [-0.2, 0) is 9.59 Å². The minimum atomic E-state index is -0.751. The van der Waals surface area contributed by atoms with Crippen LogP contribution in [0.4, 0.5) is 0 Å². The van der Waals surface area contributed by atoms with Crippen LogP contribution in [0.25, 0.3) is 5.76 Å². The molecule has 1 fully saturated rings. The zero-order chi connectivity index (χ0) is 24.8. The van der Waals surface area contributed by atoms with Crippen LogP contribution in [-0.4, -0.2) is 67.5 Å². The third kappa shape index (κ3) is 5.59. The standard InChI is InChI=1S/C27H34N2O5/c1-18(2)17-34-20-11-8-10-19(16-20)25(30)23-24(21-12-6-7-13-22(21)33-5)29(27(32)26(23)31)15-9-14-28(3)4/h6-8,10-13,16,18,24,30H,9,14-15,17H2,1-5H3/b25-23-. The molecule has 2 aromatic rings. The minimum Gasteiger partial charge on any atom is -0.507 e. The quantitative estimate of drug-likeness (QED) is 0.323. The largest absolute Gasteiger partial charge is 0.507 e. The highest BCUT2D eigenvalue weighted by atomic mass is 16.5. The van der Waals surface area contributed by atoms with Crippen molar-refractivity contribution in [3.8, 4) is 11.5 Å². The van der Waals surface area contributed by atoms with Gasteiger partial charge in [-0.25, -0.2) is 0 Å². The number of aliphatic hydroxyl groups excluding tert-OH is 1. The lowest BCUT2D eigenvalue weighted by atomic mass is 9.94. The summed E-state index contributed by atoms with van der Waals surface area (Å²) in [6.07, 6.45) is 0.685. The number of nitrogens with zero attached hydrogens (tertiary/aromatic N) is 2. The van der Waals surface area contributed by atoms with E-state index in [0.717, 1.165) is 6.54 Å². The molecule has 0 aliphatic carbocycles. The van der Waals surface area contributed by atoms with Crippen LogP contribution in [0.1, 0.15) is 37.4 Å². The molecule has 0 saturated carbocycles. The van der Waals surface area contributed by atoms with Crippen molar-refractivity contribution >= 4 is 17.4 Å². The van der Waals surface area contributed by atoms with Gasteiger partial charge in [0.25, 0.3) is 11.7 Å². The molecule has 1 N–H and O–H groups in total. The number of para-hydroxylation sites is 1. The Morgan fingerprint density at radius 2 is 1.85 bits per heavy atom. The van der Waals surface area contributed by atoms with Crippen LogP contribution >= 0.6 is 0 Å². The number of hydrogen-bond donors (Lipinski definition) is 1. The van der Waals surface area contributed by atoms with Gasteiger partial charge in [0.2, 0.25) is 0 Å². The molecule has 182 valence electrons. The highest BCUT2D eigenvalue weighted by molar-refractivity contribution is 6.46. The Kier molecular flexibility index (Phi) is 8.34. The highest BCUT2D eigenvalue weighted by Gasteiger charge is 2.46. The number of benzene rings is 2. The van der Waals surface area contributed by atoms with Gasteiger partial charge in [-0.3, -0.25) is 9.59 Å². The molecule has 1 aliphatic rings. The van der Waals surface area contributed by atoms with Crippen LogP contribution in [0.3, 0.4) is 0 Å². The van der Waals surface area contributed by atoms with Gasteiger partial charge < -0.3 is 24.4 Å². The Bertz CT molecular complexity index is 1060. The first-order valence-electron chi connectivity index (χ1n) is 11.5. The maximum Gasteiger partial charge on any atom is 0.295 e. The molecule has 7 heteroatoms. The maximum absolute atomic E-state index is 13.2. The van der Waals surface area contributed by atoms with Crippen LogP contribution in [0.15, 0.2) is 54.1 Å². The van der Waals surface area contributed by atoms with Crippen molar-refractivity contribution in [1.82, 2.24) is 9.80 Å². The van der Waals surface area contributed by atoms with Gasteiger partial charge in [-0.1, -0.05) is 44.2 Å². The fourth-order valence-electron chi connectivity index (χ4n) is 4.04. The Morgan fingerprint density at radius 1 is 1.12 bits per heavy atom. The van der Waals surface area contributed by atoms with Gasteiger partial charge in [-0.2, -0.15) is 0 Å². The number of aliphatic hydroxyl groups is 1. The van der Waals surface area contributed by atoms with Crippen molar-refractivity contribution in [2.45, 2.75) is 26.3 Å². The number of rotatable bonds is 10. The van der Waals surface area contributed by atoms with E-state index in [0.29, 0.717) is 48.1 Å². The van der Waals surface area contributed by atoms with Crippen LogP contribution in [0, 0.1) is 5.92 Å². The van der Waals surface area contributed by atoms with Crippen molar-refractivity contribution in [2.75, 3.05) is 40.9 Å². The van der Waals surface area contributed by atoms with E-state index in [1.165, 1.54) is 4.90 Å². The summed E-state index contributed by atoms with van der Waals surface area (Å²) in [4.78, 5) is 29.9. The molecule has 1 unspecified atom stereocenters. The Hall–Kier alpha value is -3.32. The van der Waals surface area contributed by atoms with Gasteiger partial charge in [0.05, 0.1) is 25.3 Å². The van der Waals surface area contributed by atoms with E-state index in [4.69, 9.17) is 9.47 Å². The third-order valence-electron chi connectivity index (χ3n) is 5.67. The molecule has 34 heavy (non-hydrogen) atoms. The summed E-state index contributed by atoms with van der Waals surface area (Å²) >= 11 is 0. The Morgan fingerprint density at radius 3 is 2.53 bits per heavy atom. The molecule has 0 radical (unpaired) electrons.